The molecule has 2 heterocycles. The molecule has 2 aromatic heterocycles. The van der Waals surface area contributed by atoms with Crippen LogP contribution in [0, 0.1) is 0 Å². The third kappa shape index (κ3) is 6.45. The van der Waals surface area contributed by atoms with Crippen LogP contribution in [0.1, 0.15) is 49.9 Å². The van der Waals surface area contributed by atoms with Crippen LogP contribution in [0.2, 0.25) is 0 Å². The molecule has 3 nitrogen and oxygen atoms in total. The van der Waals surface area contributed by atoms with Crippen LogP contribution in [0.25, 0.3) is 101 Å². The third-order valence-electron chi connectivity index (χ3n) is 14.2. The summed E-state index contributed by atoms with van der Waals surface area (Å²) in [5.74, 6) is 0.678. The van der Waals surface area contributed by atoms with E-state index in [2.05, 4.69) is 221 Å². The van der Waals surface area contributed by atoms with Gasteiger partial charge in [-0.25, -0.2) is 9.97 Å². The molecule has 0 unspecified atom stereocenters. The van der Waals surface area contributed by atoms with Crippen LogP contribution in [-0.4, -0.2) is 15.0 Å². The van der Waals surface area contributed by atoms with Crippen molar-refractivity contribution in [3.63, 3.8) is 0 Å². The molecule has 0 aliphatic heterocycles. The van der Waals surface area contributed by atoms with Gasteiger partial charge in [0, 0.05) is 39.9 Å². The predicted molar refractivity (Wildman–Crippen MR) is 273 cm³/mol. The molecule has 0 N–H and O–H groups in total. The normalized spacial score (nSPS) is 13.7. The largest absolute Gasteiger partial charge is 0.265 e. The third-order valence-corrected chi connectivity index (χ3v) is 14.2. The van der Waals surface area contributed by atoms with Crippen molar-refractivity contribution in [2.75, 3.05) is 0 Å². The molecular formula is C63H47N3. The van der Waals surface area contributed by atoms with E-state index in [1.165, 1.54) is 77.9 Å². The molecule has 10 aromatic rings. The van der Waals surface area contributed by atoms with Crippen LogP contribution < -0.4 is 0 Å². The summed E-state index contributed by atoms with van der Waals surface area (Å²) >= 11 is 0. The lowest BCUT2D eigenvalue weighted by Crippen LogP contribution is -2.16. The Kier molecular flexibility index (Phi) is 9.19. The highest BCUT2D eigenvalue weighted by atomic mass is 14.9. The summed E-state index contributed by atoms with van der Waals surface area (Å²) in [4.78, 5) is 15.0. The highest BCUT2D eigenvalue weighted by molar-refractivity contribution is 5.93. The molecule has 3 heteroatoms. The van der Waals surface area contributed by atoms with Crippen molar-refractivity contribution < 1.29 is 0 Å². The summed E-state index contributed by atoms with van der Waals surface area (Å²) in [6, 6.07) is 72.8. The zero-order valence-electron chi connectivity index (χ0n) is 37.5. The van der Waals surface area contributed by atoms with E-state index in [9.17, 15) is 0 Å². The van der Waals surface area contributed by atoms with Crippen molar-refractivity contribution >= 4 is 0 Å². The lowest BCUT2D eigenvalue weighted by atomic mass is 9.77. The molecule has 0 radical (unpaired) electrons. The minimum Gasteiger partial charge on any atom is -0.265 e. The van der Waals surface area contributed by atoms with Gasteiger partial charge in [-0.1, -0.05) is 191 Å². The zero-order chi connectivity index (χ0) is 44.6. The van der Waals surface area contributed by atoms with Gasteiger partial charge < -0.3 is 0 Å². The van der Waals surface area contributed by atoms with Gasteiger partial charge in [-0.3, -0.25) is 4.98 Å². The Bertz CT molecular complexity index is 3270. The van der Waals surface area contributed by atoms with Crippen LogP contribution in [0.5, 0.6) is 0 Å². The number of nitrogens with zero attached hydrogens (tertiary/aromatic N) is 3. The number of benzene rings is 8. The molecule has 0 amide bonds. The molecule has 2 aliphatic carbocycles. The van der Waals surface area contributed by atoms with E-state index in [0.717, 1.165) is 39.2 Å². The molecule has 0 fully saturated rings. The second-order valence-corrected chi connectivity index (χ2v) is 18.8. The summed E-state index contributed by atoms with van der Waals surface area (Å²) in [7, 11) is 0. The summed E-state index contributed by atoms with van der Waals surface area (Å²) in [5.41, 5.74) is 24.5. The molecule has 0 spiro atoms. The molecule has 8 aromatic carbocycles. The van der Waals surface area contributed by atoms with E-state index in [1.54, 1.807) is 0 Å². The Balaban J connectivity index is 1.08. The summed E-state index contributed by atoms with van der Waals surface area (Å²) in [5, 5.41) is 0. The van der Waals surface area contributed by atoms with Gasteiger partial charge in [0.25, 0.3) is 0 Å². The highest BCUT2D eigenvalue weighted by Gasteiger charge is 2.39. The minimum absolute atomic E-state index is 0.195. The summed E-state index contributed by atoms with van der Waals surface area (Å²) < 4.78 is 0. The molecule has 2 aliphatic rings. The highest BCUT2D eigenvalue weighted by Crippen LogP contribution is 2.55. The average Bonchev–Trinajstić information content (AvgIpc) is 3.76. The SMILES string of the molecule is CC1(C)c2ccccc2-c2cccc(-c3cc(-c4cc(-c5ccc(-c6ccccc6)cc5)nc(-c5ccc(-c6ccncc6)cc5)n4)cc(-c4cccc5c4C(C)(C)c4ccccc4-5)c3)c21. The van der Waals surface area contributed by atoms with Crippen molar-refractivity contribution in [2.45, 2.75) is 38.5 Å². The van der Waals surface area contributed by atoms with Crippen LogP contribution in [0.4, 0.5) is 0 Å². The monoisotopic (exact) mass is 845 g/mol. The second-order valence-electron chi connectivity index (χ2n) is 18.8. The average molecular weight is 846 g/mol. The Labute approximate surface area is 387 Å². The maximum atomic E-state index is 5.48. The maximum Gasteiger partial charge on any atom is 0.160 e. The Morgan fingerprint density at radius 3 is 1.23 bits per heavy atom. The van der Waals surface area contributed by atoms with Gasteiger partial charge >= 0.3 is 0 Å². The van der Waals surface area contributed by atoms with Crippen molar-refractivity contribution in [3.8, 4) is 101 Å². The van der Waals surface area contributed by atoms with Gasteiger partial charge in [-0.05, 0) is 125 Å². The number of rotatable bonds is 7. The van der Waals surface area contributed by atoms with E-state index < -0.39 is 0 Å². The van der Waals surface area contributed by atoms with Crippen molar-refractivity contribution in [2.24, 2.45) is 0 Å². The second kappa shape index (κ2) is 15.3. The maximum absolute atomic E-state index is 5.48. The predicted octanol–water partition coefficient (Wildman–Crippen LogP) is 16.2. The van der Waals surface area contributed by atoms with E-state index in [0.29, 0.717) is 5.82 Å². The minimum atomic E-state index is -0.195. The number of hydrogen-bond donors (Lipinski definition) is 0. The first-order valence-corrected chi connectivity index (χ1v) is 22.9. The number of aromatic nitrogens is 3. The molecule has 314 valence electrons. The number of hydrogen-bond acceptors (Lipinski definition) is 3. The molecule has 0 saturated carbocycles. The van der Waals surface area contributed by atoms with E-state index >= 15 is 0 Å². The quantitative estimate of drug-likeness (QED) is 0.160. The molecule has 0 bridgehead atoms. The van der Waals surface area contributed by atoms with Crippen molar-refractivity contribution in [1.29, 1.82) is 0 Å². The number of pyridine rings is 1. The van der Waals surface area contributed by atoms with E-state index in [1.807, 2.05) is 24.5 Å². The lowest BCUT2D eigenvalue weighted by molar-refractivity contribution is 0.662. The molecule has 66 heavy (non-hydrogen) atoms. The van der Waals surface area contributed by atoms with Crippen LogP contribution in [0.15, 0.2) is 213 Å². The van der Waals surface area contributed by atoms with Gasteiger partial charge in [-0.15, -0.1) is 0 Å². The first kappa shape index (κ1) is 39.6. The van der Waals surface area contributed by atoms with E-state index in [4.69, 9.17) is 9.97 Å². The standard InChI is InChI=1S/C63H47N3/c1-62(2)55-22-10-8-16-51(55)53-20-12-18-49(59(53)62)46-36-47(50-19-13-21-54-52-17-9-11-23-56(52)63(3,4)60(50)54)38-48(37-46)58-39-57(44-28-24-41(25-29-44)40-14-6-5-7-15-40)65-61(66-58)45-30-26-42(27-31-45)43-32-34-64-35-33-43/h5-39H,1-4H3. The summed E-state index contributed by atoms with van der Waals surface area (Å²) in [6.07, 6.45) is 3.67. The fourth-order valence-electron chi connectivity index (χ4n) is 11.0. The van der Waals surface area contributed by atoms with Crippen LogP contribution >= 0.6 is 0 Å². The zero-order valence-corrected chi connectivity index (χ0v) is 37.5. The molecule has 0 saturated heterocycles. The first-order chi connectivity index (χ1) is 32.2. The van der Waals surface area contributed by atoms with Crippen LogP contribution in [-0.2, 0) is 10.8 Å². The smallest absolute Gasteiger partial charge is 0.160 e. The van der Waals surface area contributed by atoms with Gasteiger partial charge in [0.1, 0.15) is 0 Å². The summed E-state index contributed by atoms with van der Waals surface area (Å²) in [6.45, 7) is 9.51. The van der Waals surface area contributed by atoms with E-state index in [-0.39, 0.29) is 10.8 Å². The number of fused-ring (bicyclic) bond motifs is 6. The fourth-order valence-corrected chi connectivity index (χ4v) is 11.0. The first-order valence-electron chi connectivity index (χ1n) is 22.9. The molecule has 12 rings (SSSR count). The lowest BCUT2D eigenvalue weighted by Gasteiger charge is -2.26. The van der Waals surface area contributed by atoms with Gasteiger partial charge in [-0.2, -0.15) is 0 Å². The molecular weight excluding hydrogens is 799 g/mol. The Morgan fingerprint density at radius 1 is 0.288 bits per heavy atom. The van der Waals surface area contributed by atoms with Crippen molar-refractivity contribution in [1.82, 2.24) is 15.0 Å². The Hall–Kier alpha value is -8.01. The topological polar surface area (TPSA) is 38.7 Å². The van der Waals surface area contributed by atoms with Gasteiger partial charge in [0.05, 0.1) is 11.4 Å². The molecule has 0 atom stereocenters. The van der Waals surface area contributed by atoms with Crippen LogP contribution in [0.3, 0.4) is 0 Å². The van der Waals surface area contributed by atoms with Crippen molar-refractivity contribution in [3.05, 3.63) is 235 Å². The Morgan fingerprint density at radius 2 is 0.682 bits per heavy atom. The van der Waals surface area contributed by atoms with Gasteiger partial charge in [0.15, 0.2) is 5.82 Å². The fraction of sp³-hybridized carbons (Fsp3) is 0.0952. The van der Waals surface area contributed by atoms with Gasteiger partial charge in [0.2, 0.25) is 0 Å².